The Bertz CT molecular complexity index is 464. The fourth-order valence-electron chi connectivity index (χ4n) is 1.84. The monoisotopic (exact) mass is 251 g/mol. The highest BCUT2D eigenvalue weighted by atomic mass is 19.1. The Balaban J connectivity index is 2.51. The molecule has 3 nitrogen and oxygen atoms in total. The maximum absolute atomic E-state index is 14.0. The molecule has 0 spiro atoms. The third-order valence-electron chi connectivity index (χ3n) is 2.79. The largest absolute Gasteiger partial charge is 0.486 e. The van der Waals surface area contributed by atoms with E-state index in [4.69, 9.17) is 15.2 Å². The molecular formula is C14H18FNO2. The number of nitrogens with two attached hydrogens (primary N) is 1. The van der Waals surface area contributed by atoms with Crippen molar-refractivity contribution in [2.24, 2.45) is 5.73 Å². The van der Waals surface area contributed by atoms with Gasteiger partial charge in [-0.1, -0.05) is 12.2 Å². The molecule has 1 aromatic carbocycles. The van der Waals surface area contributed by atoms with Gasteiger partial charge in [-0.05, 0) is 31.5 Å². The average Bonchev–Trinajstić information content (AvgIpc) is 2.34. The highest BCUT2D eigenvalue weighted by Crippen LogP contribution is 2.39. The van der Waals surface area contributed by atoms with Gasteiger partial charge in [0.15, 0.2) is 11.5 Å². The average molecular weight is 251 g/mol. The molecule has 0 atom stereocenters. The first-order valence-corrected chi connectivity index (χ1v) is 6.02. The molecule has 1 aliphatic heterocycles. The number of alkyl halides is 1. The number of ether oxygens (including phenoxy) is 2. The summed E-state index contributed by atoms with van der Waals surface area (Å²) in [5, 5.41) is 0. The molecule has 4 heteroatoms. The van der Waals surface area contributed by atoms with Crippen LogP contribution < -0.4 is 15.2 Å². The lowest BCUT2D eigenvalue weighted by atomic mass is 9.96. The Kier molecular flexibility index (Phi) is 3.57. The van der Waals surface area contributed by atoms with Crippen molar-refractivity contribution < 1.29 is 13.9 Å². The second-order valence-electron chi connectivity index (χ2n) is 4.70. The predicted molar refractivity (Wildman–Crippen MR) is 69.7 cm³/mol. The van der Waals surface area contributed by atoms with Crippen LogP contribution in [0.25, 0.3) is 6.08 Å². The summed E-state index contributed by atoms with van der Waals surface area (Å²) in [7, 11) is 0. The summed E-state index contributed by atoms with van der Waals surface area (Å²) < 4.78 is 25.2. The molecule has 2 rings (SSSR count). The fraction of sp³-hybridized carbons (Fsp3) is 0.429. The van der Waals surface area contributed by atoms with Crippen LogP contribution in [0, 0.1) is 0 Å². The number of rotatable bonds is 3. The van der Waals surface area contributed by atoms with E-state index in [9.17, 15) is 4.39 Å². The summed E-state index contributed by atoms with van der Waals surface area (Å²) >= 11 is 0. The van der Waals surface area contributed by atoms with Gasteiger partial charge in [0, 0.05) is 12.1 Å². The molecule has 0 aliphatic carbocycles. The number of benzene rings is 1. The van der Waals surface area contributed by atoms with Crippen LogP contribution in [0.2, 0.25) is 0 Å². The summed E-state index contributed by atoms with van der Waals surface area (Å²) in [5.41, 5.74) is 5.40. The Morgan fingerprint density at radius 2 is 2.06 bits per heavy atom. The third-order valence-corrected chi connectivity index (χ3v) is 2.79. The second kappa shape index (κ2) is 4.98. The van der Waals surface area contributed by atoms with Crippen molar-refractivity contribution in [3.63, 3.8) is 0 Å². The van der Waals surface area contributed by atoms with Crippen molar-refractivity contribution in [2.75, 3.05) is 19.8 Å². The normalized spacial score (nSPS) is 15.1. The molecule has 0 unspecified atom stereocenters. The van der Waals surface area contributed by atoms with Crippen molar-refractivity contribution in [3.8, 4) is 11.5 Å². The van der Waals surface area contributed by atoms with Crippen LogP contribution in [0.5, 0.6) is 11.5 Å². The minimum atomic E-state index is -1.42. The highest BCUT2D eigenvalue weighted by Gasteiger charge is 2.24. The van der Waals surface area contributed by atoms with Gasteiger partial charge in [-0.25, -0.2) is 4.39 Å². The van der Waals surface area contributed by atoms with Crippen molar-refractivity contribution in [1.29, 1.82) is 0 Å². The van der Waals surface area contributed by atoms with Crippen LogP contribution in [-0.2, 0) is 5.67 Å². The lowest BCUT2D eigenvalue weighted by Gasteiger charge is -2.24. The summed E-state index contributed by atoms with van der Waals surface area (Å²) in [6.07, 6.45) is 3.64. The molecule has 0 radical (unpaired) electrons. The maximum atomic E-state index is 14.0. The van der Waals surface area contributed by atoms with Gasteiger partial charge in [-0.2, -0.15) is 0 Å². The smallest absolute Gasteiger partial charge is 0.168 e. The molecule has 0 amide bonds. The van der Waals surface area contributed by atoms with E-state index < -0.39 is 5.67 Å². The van der Waals surface area contributed by atoms with E-state index in [0.29, 0.717) is 36.8 Å². The molecule has 98 valence electrons. The van der Waals surface area contributed by atoms with Gasteiger partial charge in [0.1, 0.15) is 18.9 Å². The summed E-state index contributed by atoms with van der Waals surface area (Å²) in [6, 6.07) is 3.48. The van der Waals surface area contributed by atoms with Crippen LogP contribution in [0.3, 0.4) is 0 Å². The van der Waals surface area contributed by atoms with Crippen molar-refractivity contribution >= 4 is 6.08 Å². The number of fused-ring (bicyclic) bond motifs is 1. The van der Waals surface area contributed by atoms with Gasteiger partial charge in [-0.15, -0.1) is 0 Å². The topological polar surface area (TPSA) is 44.5 Å². The van der Waals surface area contributed by atoms with Gasteiger partial charge >= 0.3 is 0 Å². The summed E-state index contributed by atoms with van der Waals surface area (Å²) in [6.45, 7) is 4.47. The first-order valence-electron chi connectivity index (χ1n) is 6.02. The Morgan fingerprint density at radius 1 is 1.33 bits per heavy atom. The second-order valence-corrected chi connectivity index (χ2v) is 4.70. The molecule has 2 N–H and O–H groups in total. The van der Waals surface area contributed by atoms with Gasteiger partial charge in [0.05, 0.1) is 0 Å². The van der Waals surface area contributed by atoms with E-state index in [1.807, 2.05) is 12.2 Å². The van der Waals surface area contributed by atoms with E-state index in [-0.39, 0.29) is 0 Å². The third kappa shape index (κ3) is 2.64. The number of halogens is 1. The minimum absolute atomic E-state index is 0.429. The first-order chi connectivity index (χ1) is 8.52. The van der Waals surface area contributed by atoms with E-state index in [0.717, 1.165) is 5.56 Å². The Hall–Kier alpha value is -1.55. The summed E-state index contributed by atoms with van der Waals surface area (Å²) in [5.74, 6) is 1.26. The van der Waals surface area contributed by atoms with Crippen LogP contribution in [-0.4, -0.2) is 19.8 Å². The standard InChI is InChI=1S/C14H18FNO2/c1-14(2,15)11-8-10(4-3-5-16)13-12(9-11)17-6-7-18-13/h3-4,8-9H,5-7,16H2,1-2H3/b4-3+. The van der Waals surface area contributed by atoms with E-state index in [2.05, 4.69) is 0 Å². The maximum Gasteiger partial charge on any atom is 0.168 e. The van der Waals surface area contributed by atoms with Crippen LogP contribution in [0.15, 0.2) is 18.2 Å². The molecule has 0 fully saturated rings. The molecular weight excluding hydrogens is 233 g/mol. The Morgan fingerprint density at radius 3 is 2.72 bits per heavy atom. The van der Waals surface area contributed by atoms with Gasteiger partial charge in [-0.3, -0.25) is 0 Å². The number of hydrogen-bond acceptors (Lipinski definition) is 3. The zero-order chi connectivity index (χ0) is 13.2. The zero-order valence-corrected chi connectivity index (χ0v) is 10.7. The van der Waals surface area contributed by atoms with Crippen molar-refractivity contribution in [1.82, 2.24) is 0 Å². The quantitative estimate of drug-likeness (QED) is 0.898. The van der Waals surface area contributed by atoms with Gasteiger partial charge in [0.2, 0.25) is 0 Å². The van der Waals surface area contributed by atoms with Crippen LogP contribution in [0.4, 0.5) is 4.39 Å². The SMILES string of the molecule is CC(C)(F)c1cc(/C=C/CN)c2c(c1)OCCO2. The first kappa shape index (κ1) is 12.9. The van der Waals surface area contributed by atoms with E-state index in [1.54, 1.807) is 12.1 Å². The molecule has 0 saturated carbocycles. The van der Waals surface area contributed by atoms with Crippen LogP contribution in [0.1, 0.15) is 25.0 Å². The lowest BCUT2D eigenvalue weighted by Crippen LogP contribution is -2.18. The lowest BCUT2D eigenvalue weighted by molar-refractivity contribution is 0.168. The highest BCUT2D eigenvalue weighted by molar-refractivity contribution is 5.64. The molecule has 1 aromatic rings. The fourth-order valence-corrected chi connectivity index (χ4v) is 1.84. The predicted octanol–water partition coefficient (Wildman–Crippen LogP) is 2.63. The molecule has 1 heterocycles. The molecule has 0 bridgehead atoms. The van der Waals surface area contributed by atoms with E-state index >= 15 is 0 Å². The van der Waals surface area contributed by atoms with Crippen LogP contribution >= 0.6 is 0 Å². The van der Waals surface area contributed by atoms with Gasteiger partial charge < -0.3 is 15.2 Å². The molecule has 0 aromatic heterocycles. The van der Waals surface area contributed by atoms with Crippen molar-refractivity contribution in [2.45, 2.75) is 19.5 Å². The van der Waals surface area contributed by atoms with E-state index in [1.165, 1.54) is 13.8 Å². The minimum Gasteiger partial charge on any atom is -0.486 e. The molecule has 1 aliphatic rings. The Labute approximate surface area is 106 Å². The zero-order valence-electron chi connectivity index (χ0n) is 10.7. The molecule has 0 saturated heterocycles. The molecule has 18 heavy (non-hydrogen) atoms. The number of hydrogen-bond donors (Lipinski definition) is 1. The van der Waals surface area contributed by atoms with Crippen molar-refractivity contribution in [3.05, 3.63) is 29.3 Å². The van der Waals surface area contributed by atoms with Gasteiger partial charge in [0.25, 0.3) is 0 Å². The summed E-state index contributed by atoms with van der Waals surface area (Å²) in [4.78, 5) is 0.